The van der Waals surface area contributed by atoms with Crippen LogP contribution >= 0.6 is 0 Å². The van der Waals surface area contributed by atoms with E-state index in [9.17, 15) is 13.5 Å². The highest BCUT2D eigenvalue weighted by atomic mass is 32.2. The summed E-state index contributed by atoms with van der Waals surface area (Å²) in [6.07, 6.45) is -0.118. The highest BCUT2D eigenvalue weighted by Crippen LogP contribution is 2.08. The summed E-state index contributed by atoms with van der Waals surface area (Å²) in [5.74, 6) is -0.0626. The van der Waals surface area contributed by atoms with Gasteiger partial charge in [-0.15, -0.1) is 0 Å². The highest BCUT2D eigenvalue weighted by Gasteiger charge is 2.38. The molecule has 6 heteroatoms. The van der Waals surface area contributed by atoms with Crippen molar-refractivity contribution in [3.05, 3.63) is 0 Å². The Morgan fingerprint density at radius 3 is 2.54 bits per heavy atom. The van der Waals surface area contributed by atoms with E-state index in [1.165, 1.54) is 0 Å². The zero-order valence-electron chi connectivity index (χ0n) is 7.39. The van der Waals surface area contributed by atoms with Crippen molar-refractivity contribution in [1.82, 2.24) is 0 Å². The van der Waals surface area contributed by atoms with Crippen molar-refractivity contribution in [2.75, 3.05) is 24.7 Å². The number of nitrogens with two attached hydrogens (primary N) is 1. The summed E-state index contributed by atoms with van der Waals surface area (Å²) in [5, 5.41) is 19.7. The van der Waals surface area contributed by atoms with E-state index in [1.807, 2.05) is 0 Å². The number of aliphatic hydroxyl groups excluding tert-OH is 2. The molecule has 5 nitrogen and oxygen atoms in total. The zero-order chi connectivity index (χ0) is 9.90. The average Bonchev–Trinajstić information content (AvgIpc) is 2.25. The molecule has 1 aliphatic heterocycles. The second-order valence-corrected chi connectivity index (χ2v) is 5.56. The van der Waals surface area contributed by atoms with Crippen LogP contribution in [0.2, 0.25) is 0 Å². The fourth-order valence-corrected chi connectivity index (χ4v) is 3.35. The average molecular weight is 210 g/mol. The van der Waals surface area contributed by atoms with Crippen LogP contribution in [0.15, 0.2) is 0 Å². The van der Waals surface area contributed by atoms with E-state index < -0.39 is 15.9 Å². The maximum atomic E-state index is 11.1. The largest absolute Gasteiger partial charge is 0.396 e. The van der Waals surface area contributed by atoms with E-state index in [0.717, 1.165) is 0 Å². The molecule has 0 radical (unpaired) electrons. The van der Waals surface area contributed by atoms with Gasteiger partial charge in [-0.1, -0.05) is 0 Å². The highest BCUT2D eigenvalue weighted by molar-refractivity contribution is 7.91. The van der Waals surface area contributed by atoms with Crippen molar-refractivity contribution in [2.24, 2.45) is 0 Å². The smallest absolute Gasteiger partial charge is 0.159 e. The monoisotopic (exact) mass is 210 g/mol. The molecule has 1 rings (SSSR count). The van der Waals surface area contributed by atoms with Crippen molar-refractivity contribution in [3.63, 3.8) is 0 Å². The lowest BCUT2D eigenvalue weighted by Crippen LogP contribution is -2.92. The van der Waals surface area contributed by atoms with Crippen molar-refractivity contribution < 1.29 is 23.9 Å². The van der Waals surface area contributed by atoms with Gasteiger partial charge in [0.1, 0.15) is 17.9 Å². The van der Waals surface area contributed by atoms with E-state index in [4.69, 9.17) is 5.11 Å². The normalized spacial score (nSPS) is 32.2. The summed E-state index contributed by atoms with van der Waals surface area (Å²) in [4.78, 5) is 0. The molecular weight excluding hydrogens is 194 g/mol. The fourth-order valence-electron chi connectivity index (χ4n) is 1.50. The Kier molecular flexibility index (Phi) is 3.66. The summed E-state index contributed by atoms with van der Waals surface area (Å²) < 4.78 is 22.1. The van der Waals surface area contributed by atoms with E-state index in [1.54, 1.807) is 5.32 Å². The zero-order valence-corrected chi connectivity index (χ0v) is 8.20. The Morgan fingerprint density at radius 2 is 2.08 bits per heavy atom. The maximum absolute atomic E-state index is 11.1. The van der Waals surface area contributed by atoms with Gasteiger partial charge >= 0.3 is 0 Å². The number of aliphatic hydroxyl groups is 2. The van der Waals surface area contributed by atoms with Crippen LogP contribution in [0.4, 0.5) is 0 Å². The Balaban J connectivity index is 2.36. The molecule has 0 spiro atoms. The predicted molar refractivity (Wildman–Crippen MR) is 46.9 cm³/mol. The molecule has 1 saturated heterocycles. The first-order valence-electron chi connectivity index (χ1n) is 4.38. The summed E-state index contributed by atoms with van der Waals surface area (Å²) in [6.45, 7) is 0.764. The Bertz CT molecular complexity index is 251. The van der Waals surface area contributed by atoms with Crippen LogP contribution in [-0.4, -0.2) is 55.4 Å². The molecule has 2 atom stereocenters. The van der Waals surface area contributed by atoms with Crippen LogP contribution in [0.25, 0.3) is 0 Å². The Labute approximate surface area is 77.7 Å². The third-order valence-corrected chi connectivity index (χ3v) is 3.94. The van der Waals surface area contributed by atoms with Crippen molar-refractivity contribution in [3.8, 4) is 0 Å². The molecule has 0 aromatic heterocycles. The Morgan fingerprint density at radius 1 is 1.38 bits per heavy atom. The Hall–Kier alpha value is -0.170. The summed E-state index contributed by atoms with van der Waals surface area (Å²) in [5.41, 5.74) is 0. The van der Waals surface area contributed by atoms with Crippen LogP contribution in [0, 0.1) is 0 Å². The minimum absolute atomic E-state index is 0.0552. The molecular formula is C7H16NO4S+. The van der Waals surface area contributed by atoms with E-state index >= 15 is 0 Å². The summed E-state index contributed by atoms with van der Waals surface area (Å²) in [7, 11) is -3.03. The van der Waals surface area contributed by atoms with E-state index in [0.29, 0.717) is 13.0 Å². The lowest BCUT2D eigenvalue weighted by Gasteiger charge is -2.10. The quantitative estimate of drug-likeness (QED) is 0.434. The van der Waals surface area contributed by atoms with Gasteiger partial charge in [-0.3, -0.25) is 0 Å². The third kappa shape index (κ3) is 3.22. The molecule has 0 bridgehead atoms. The van der Waals surface area contributed by atoms with Gasteiger partial charge in [0.25, 0.3) is 0 Å². The second-order valence-electron chi connectivity index (χ2n) is 3.41. The number of quaternary nitrogens is 1. The first-order valence-corrected chi connectivity index (χ1v) is 6.20. The van der Waals surface area contributed by atoms with E-state index in [2.05, 4.69) is 0 Å². The topological polar surface area (TPSA) is 91.2 Å². The lowest BCUT2D eigenvalue weighted by atomic mass is 10.2. The van der Waals surface area contributed by atoms with Gasteiger partial charge in [0.05, 0.1) is 12.3 Å². The fraction of sp³-hybridized carbons (Fsp3) is 1.00. The van der Waals surface area contributed by atoms with Crippen LogP contribution in [0.1, 0.15) is 6.42 Å². The molecule has 0 aliphatic carbocycles. The predicted octanol–water partition coefficient (Wildman–Crippen LogP) is -2.91. The second kappa shape index (κ2) is 4.36. The molecule has 0 saturated carbocycles. The number of hydrogen-bond acceptors (Lipinski definition) is 4. The molecule has 1 heterocycles. The standard InChI is InChI=1S/C7H15NO4S/c9-3-1-2-8-6-4-13(11,12)5-7(6)10/h6-10H,1-5H2/p+1/t6-,7-/m1/s1. The first-order chi connectivity index (χ1) is 6.05. The first kappa shape index (κ1) is 10.9. The van der Waals surface area contributed by atoms with Gasteiger partial charge in [0, 0.05) is 13.0 Å². The molecule has 0 aromatic rings. The van der Waals surface area contributed by atoms with Gasteiger partial charge in [-0.05, 0) is 0 Å². The van der Waals surface area contributed by atoms with Gasteiger partial charge in [0.2, 0.25) is 0 Å². The molecule has 13 heavy (non-hydrogen) atoms. The molecule has 4 N–H and O–H groups in total. The van der Waals surface area contributed by atoms with Gasteiger partial charge < -0.3 is 15.5 Å². The minimum Gasteiger partial charge on any atom is -0.396 e. The summed E-state index contributed by atoms with van der Waals surface area (Å²) in [6, 6.07) is -0.239. The maximum Gasteiger partial charge on any atom is 0.159 e. The molecule has 0 unspecified atom stereocenters. The number of sulfone groups is 1. The molecule has 1 fully saturated rings. The van der Waals surface area contributed by atoms with Crippen molar-refractivity contribution in [2.45, 2.75) is 18.6 Å². The van der Waals surface area contributed by atoms with Crippen LogP contribution in [0.3, 0.4) is 0 Å². The van der Waals surface area contributed by atoms with Gasteiger partial charge in [-0.25, -0.2) is 8.42 Å². The number of rotatable bonds is 4. The van der Waals surface area contributed by atoms with Crippen LogP contribution in [-0.2, 0) is 9.84 Å². The molecule has 0 aromatic carbocycles. The third-order valence-electron chi connectivity index (χ3n) is 2.20. The summed E-state index contributed by atoms with van der Waals surface area (Å²) >= 11 is 0. The van der Waals surface area contributed by atoms with Gasteiger partial charge in [0.15, 0.2) is 9.84 Å². The lowest BCUT2D eigenvalue weighted by molar-refractivity contribution is -0.690. The molecule has 78 valence electrons. The molecule has 0 amide bonds. The molecule has 1 aliphatic rings. The van der Waals surface area contributed by atoms with Crippen LogP contribution < -0.4 is 5.32 Å². The SMILES string of the molecule is O=S1(=O)C[C@@H](O)[C@H]([NH2+]CCCO)C1. The minimum atomic E-state index is -3.03. The number of hydrogen-bond donors (Lipinski definition) is 3. The van der Waals surface area contributed by atoms with E-state index in [-0.39, 0.29) is 24.2 Å². The van der Waals surface area contributed by atoms with Gasteiger partial charge in [-0.2, -0.15) is 0 Å². The van der Waals surface area contributed by atoms with Crippen molar-refractivity contribution in [1.29, 1.82) is 0 Å². The van der Waals surface area contributed by atoms with Crippen LogP contribution in [0.5, 0.6) is 0 Å². The van der Waals surface area contributed by atoms with Crippen molar-refractivity contribution >= 4 is 9.84 Å².